The van der Waals surface area contributed by atoms with Crippen LogP contribution >= 0.6 is 0 Å². The summed E-state index contributed by atoms with van der Waals surface area (Å²) in [5.74, 6) is 0.161. The largest absolute Gasteiger partial charge is 0.361 e. The van der Waals surface area contributed by atoms with E-state index in [0.717, 1.165) is 32.4 Å². The Hall–Kier alpha value is -1.81. The van der Waals surface area contributed by atoms with Crippen LogP contribution < -0.4 is 5.32 Å². The molecule has 4 nitrogen and oxygen atoms in total. The lowest BCUT2D eigenvalue weighted by Gasteiger charge is -2.09. The second-order valence-corrected chi connectivity index (χ2v) is 5.72. The van der Waals surface area contributed by atoms with Gasteiger partial charge in [0.1, 0.15) is 0 Å². The maximum Gasteiger partial charge on any atom is 0.220 e. The highest BCUT2D eigenvalue weighted by Gasteiger charge is 2.05. The third-order valence-corrected chi connectivity index (χ3v) is 3.63. The number of aromatic amines is 1. The predicted octanol–water partition coefficient (Wildman–Crippen LogP) is 2.56. The first-order chi connectivity index (χ1) is 10.2. The summed E-state index contributed by atoms with van der Waals surface area (Å²) in [4.78, 5) is 17.1. The molecule has 0 aliphatic carbocycles. The van der Waals surface area contributed by atoms with Gasteiger partial charge in [-0.25, -0.2) is 0 Å². The first-order valence-corrected chi connectivity index (χ1v) is 7.63. The Kier molecular flexibility index (Phi) is 5.81. The fourth-order valence-corrected chi connectivity index (χ4v) is 2.49. The smallest absolute Gasteiger partial charge is 0.220 e. The van der Waals surface area contributed by atoms with E-state index in [1.54, 1.807) is 0 Å². The summed E-state index contributed by atoms with van der Waals surface area (Å²) in [6.07, 6.45) is 5.48. The normalized spacial score (nSPS) is 11.2. The number of amides is 1. The molecule has 0 unspecified atom stereocenters. The van der Waals surface area contributed by atoms with Crippen molar-refractivity contribution in [1.29, 1.82) is 0 Å². The lowest BCUT2D eigenvalue weighted by molar-refractivity contribution is -0.121. The second kappa shape index (κ2) is 7.84. The third-order valence-electron chi connectivity index (χ3n) is 3.63. The summed E-state index contributed by atoms with van der Waals surface area (Å²) in [6, 6.07) is 8.29. The highest BCUT2D eigenvalue weighted by molar-refractivity contribution is 5.83. The first kappa shape index (κ1) is 15.6. The fourth-order valence-electron chi connectivity index (χ4n) is 2.49. The van der Waals surface area contributed by atoms with Gasteiger partial charge < -0.3 is 15.2 Å². The molecule has 2 rings (SSSR count). The molecule has 1 heterocycles. The van der Waals surface area contributed by atoms with Gasteiger partial charge in [-0.3, -0.25) is 4.79 Å². The second-order valence-electron chi connectivity index (χ2n) is 5.72. The van der Waals surface area contributed by atoms with Gasteiger partial charge in [0.05, 0.1) is 0 Å². The van der Waals surface area contributed by atoms with Crippen molar-refractivity contribution in [3.05, 3.63) is 36.0 Å². The summed E-state index contributed by atoms with van der Waals surface area (Å²) >= 11 is 0. The number of nitrogens with one attached hydrogen (secondary N) is 2. The molecule has 2 N–H and O–H groups in total. The summed E-state index contributed by atoms with van der Waals surface area (Å²) in [6.45, 7) is 1.78. The summed E-state index contributed by atoms with van der Waals surface area (Å²) in [7, 11) is 4.09. The Bertz CT molecular complexity index is 574. The van der Waals surface area contributed by atoms with Crippen molar-refractivity contribution < 1.29 is 4.79 Å². The molecule has 0 fully saturated rings. The topological polar surface area (TPSA) is 48.1 Å². The van der Waals surface area contributed by atoms with Crippen LogP contribution in [0.15, 0.2) is 30.5 Å². The molecule has 0 saturated carbocycles. The van der Waals surface area contributed by atoms with Gasteiger partial charge >= 0.3 is 0 Å². The molecular formula is C17H25N3O. The van der Waals surface area contributed by atoms with Gasteiger partial charge in [0.15, 0.2) is 0 Å². The number of H-pyrrole nitrogens is 1. The van der Waals surface area contributed by atoms with E-state index in [1.807, 2.05) is 20.2 Å². The van der Waals surface area contributed by atoms with E-state index in [1.165, 1.54) is 16.5 Å². The maximum atomic E-state index is 11.7. The van der Waals surface area contributed by atoms with Crippen molar-refractivity contribution in [2.75, 3.05) is 27.2 Å². The minimum atomic E-state index is 0.161. The zero-order valence-electron chi connectivity index (χ0n) is 13.0. The number of fused-ring (bicyclic) bond motifs is 1. The molecule has 0 spiro atoms. The average Bonchev–Trinajstić information content (AvgIpc) is 2.87. The van der Waals surface area contributed by atoms with Crippen molar-refractivity contribution in [2.24, 2.45) is 0 Å². The molecule has 0 saturated heterocycles. The number of nitrogens with zero attached hydrogens (tertiary/aromatic N) is 1. The molecule has 21 heavy (non-hydrogen) atoms. The molecule has 1 aromatic carbocycles. The Morgan fingerprint density at radius 1 is 1.24 bits per heavy atom. The number of aromatic nitrogens is 1. The van der Waals surface area contributed by atoms with Gasteiger partial charge in [0.25, 0.3) is 0 Å². The van der Waals surface area contributed by atoms with Crippen LogP contribution in [0.5, 0.6) is 0 Å². The molecular weight excluding hydrogens is 262 g/mol. The van der Waals surface area contributed by atoms with Gasteiger partial charge in [0, 0.05) is 30.1 Å². The van der Waals surface area contributed by atoms with Crippen LogP contribution in [-0.2, 0) is 11.2 Å². The average molecular weight is 287 g/mol. The number of hydrogen-bond acceptors (Lipinski definition) is 2. The maximum absolute atomic E-state index is 11.7. The molecule has 0 bridgehead atoms. The van der Waals surface area contributed by atoms with Gasteiger partial charge in [-0.2, -0.15) is 0 Å². The summed E-state index contributed by atoms with van der Waals surface area (Å²) in [5.41, 5.74) is 2.46. The van der Waals surface area contributed by atoms with E-state index in [-0.39, 0.29) is 5.91 Å². The molecule has 1 aromatic heterocycles. The van der Waals surface area contributed by atoms with Crippen molar-refractivity contribution in [2.45, 2.75) is 25.7 Å². The quantitative estimate of drug-likeness (QED) is 0.733. The van der Waals surface area contributed by atoms with Gasteiger partial charge in [-0.1, -0.05) is 18.2 Å². The van der Waals surface area contributed by atoms with E-state index in [0.29, 0.717) is 6.42 Å². The minimum absolute atomic E-state index is 0.161. The van der Waals surface area contributed by atoms with Crippen molar-refractivity contribution >= 4 is 16.8 Å². The number of carbonyl (C=O) groups is 1. The summed E-state index contributed by atoms with van der Waals surface area (Å²) in [5, 5.41) is 4.25. The Morgan fingerprint density at radius 2 is 2.05 bits per heavy atom. The molecule has 0 radical (unpaired) electrons. The van der Waals surface area contributed by atoms with Crippen molar-refractivity contribution in [1.82, 2.24) is 15.2 Å². The molecule has 0 aliphatic heterocycles. The van der Waals surface area contributed by atoms with Crippen LogP contribution in [0.1, 0.15) is 24.8 Å². The van der Waals surface area contributed by atoms with Crippen LogP contribution in [0.2, 0.25) is 0 Å². The highest BCUT2D eigenvalue weighted by Crippen LogP contribution is 2.19. The van der Waals surface area contributed by atoms with E-state index in [4.69, 9.17) is 0 Å². The predicted molar refractivity (Wildman–Crippen MR) is 87.4 cm³/mol. The number of aryl methyl sites for hydroxylation is 1. The number of rotatable bonds is 8. The Balaban J connectivity index is 1.68. The number of carbonyl (C=O) groups excluding carboxylic acids is 1. The number of benzene rings is 1. The molecule has 2 aromatic rings. The van der Waals surface area contributed by atoms with Crippen molar-refractivity contribution in [3.63, 3.8) is 0 Å². The SMILES string of the molecule is CN(C)CCCNC(=O)CCCc1c[nH]c2ccccc12. The molecule has 1 amide bonds. The summed E-state index contributed by atoms with van der Waals surface area (Å²) < 4.78 is 0. The Labute approximate surface area is 126 Å². The van der Waals surface area contributed by atoms with E-state index >= 15 is 0 Å². The monoisotopic (exact) mass is 287 g/mol. The van der Waals surface area contributed by atoms with Crippen LogP contribution in [0, 0.1) is 0 Å². The minimum Gasteiger partial charge on any atom is -0.361 e. The lowest BCUT2D eigenvalue weighted by Crippen LogP contribution is -2.26. The van der Waals surface area contributed by atoms with Gasteiger partial charge in [-0.15, -0.1) is 0 Å². The highest BCUT2D eigenvalue weighted by atomic mass is 16.1. The van der Waals surface area contributed by atoms with Crippen molar-refractivity contribution in [3.8, 4) is 0 Å². The molecule has 0 atom stereocenters. The van der Waals surface area contributed by atoms with Crippen LogP contribution in [0.3, 0.4) is 0 Å². The molecule has 114 valence electrons. The van der Waals surface area contributed by atoms with Gasteiger partial charge in [0.2, 0.25) is 5.91 Å². The van der Waals surface area contributed by atoms with E-state index in [9.17, 15) is 4.79 Å². The van der Waals surface area contributed by atoms with Gasteiger partial charge in [-0.05, 0) is 51.5 Å². The fraction of sp³-hybridized carbons (Fsp3) is 0.471. The van der Waals surface area contributed by atoms with Crippen LogP contribution in [0.25, 0.3) is 10.9 Å². The zero-order chi connectivity index (χ0) is 15.1. The standard InChI is InChI=1S/C17H25N3O/c1-20(2)12-6-11-18-17(21)10-5-7-14-13-19-16-9-4-3-8-15(14)16/h3-4,8-9,13,19H,5-7,10-12H2,1-2H3,(H,18,21). The van der Waals surface area contributed by atoms with Crippen LogP contribution in [-0.4, -0.2) is 43.0 Å². The zero-order valence-corrected chi connectivity index (χ0v) is 13.0. The molecule has 0 aliphatic rings. The lowest BCUT2D eigenvalue weighted by atomic mass is 10.1. The number of para-hydroxylation sites is 1. The first-order valence-electron chi connectivity index (χ1n) is 7.63. The van der Waals surface area contributed by atoms with Crippen LogP contribution in [0.4, 0.5) is 0 Å². The number of hydrogen-bond donors (Lipinski definition) is 2. The molecule has 4 heteroatoms. The Morgan fingerprint density at radius 3 is 2.86 bits per heavy atom. The van der Waals surface area contributed by atoms with E-state index < -0.39 is 0 Å². The third kappa shape index (κ3) is 4.90. The van der Waals surface area contributed by atoms with E-state index in [2.05, 4.69) is 39.6 Å².